The third-order valence-corrected chi connectivity index (χ3v) is 1.85. The fourth-order valence-corrected chi connectivity index (χ4v) is 1.25. The van der Waals surface area contributed by atoms with Crippen molar-refractivity contribution in [2.45, 2.75) is 6.61 Å². The van der Waals surface area contributed by atoms with Crippen LogP contribution in [0.15, 0.2) is 18.2 Å². The fourth-order valence-electron chi connectivity index (χ4n) is 1.25. The minimum atomic E-state index is -0.434. The van der Waals surface area contributed by atoms with Gasteiger partial charge in [-0.1, -0.05) is 6.07 Å². The van der Waals surface area contributed by atoms with Crippen molar-refractivity contribution < 1.29 is 14.4 Å². The number of nitrogens with zero attached hydrogens (tertiary/aromatic N) is 1. The first-order chi connectivity index (χ1) is 6.29. The Morgan fingerprint density at radius 2 is 2.31 bits per heavy atom. The predicted octanol–water partition coefficient (Wildman–Crippen LogP) is 1.46. The van der Waals surface area contributed by atoms with Gasteiger partial charge in [0.1, 0.15) is 5.75 Å². The normalized spacial score (nSPS) is 14.5. The lowest BCUT2D eigenvalue weighted by molar-refractivity contribution is -0.386. The van der Waals surface area contributed by atoms with Crippen molar-refractivity contribution in [1.82, 2.24) is 0 Å². The number of ether oxygens (including phenoxy) is 2. The van der Waals surface area contributed by atoms with Crippen LogP contribution < -0.4 is 4.74 Å². The average molecular weight is 181 g/mol. The van der Waals surface area contributed by atoms with Gasteiger partial charge in [0.15, 0.2) is 6.79 Å². The highest BCUT2D eigenvalue weighted by molar-refractivity contribution is 5.49. The van der Waals surface area contributed by atoms with E-state index in [1.807, 2.05) is 0 Å². The van der Waals surface area contributed by atoms with Crippen LogP contribution in [0.2, 0.25) is 0 Å². The Labute approximate surface area is 74.0 Å². The highest BCUT2D eigenvalue weighted by Crippen LogP contribution is 2.31. The van der Waals surface area contributed by atoms with Crippen LogP contribution in [0.4, 0.5) is 5.69 Å². The van der Waals surface area contributed by atoms with Crippen LogP contribution in [0.5, 0.6) is 5.75 Å². The van der Waals surface area contributed by atoms with Crippen LogP contribution in [-0.4, -0.2) is 11.7 Å². The van der Waals surface area contributed by atoms with Crippen LogP contribution in [0.3, 0.4) is 0 Å². The molecule has 0 N–H and O–H groups in total. The number of rotatable bonds is 1. The first-order valence-corrected chi connectivity index (χ1v) is 3.76. The minimum absolute atomic E-state index is 0.0530. The molecule has 0 saturated carbocycles. The summed E-state index contributed by atoms with van der Waals surface area (Å²) in [4.78, 5) is 10.1. The van der Waals surface area contributed by atoms with Crippen molar-refractivity contribution in [3.63, 3.8) is 0 Å². The van der Waals surface area contributed by atoms with Gasteiger partial charge in [0.25, 0.3) is 5.69 Å². The zero-order valence-corrected chi connectivity index (χ0v) is 6.73. The van der Waals surface area contributed by atoms with Crippen molar-refractivity contribution >= 4 is 5.69 Å². The molecule has 1 aromatic rings. The first-order valence-electron chi connectivity index (χ1n) is 3.76. The van der Waals surface area contributed by atoms with Gasteiger partial charge in [0.05, 0.1) is 17.1 Å². The van der Waals surface area contributed by atoms with Gasteiger partial charge in [-0.15, -0.1) is 0 Å². The molecule has 0 bridgehead atoms. The Morgan fingerprint density at radius 1 is 1.46 bits per heavy atom. The van der Waals surface area contributed by atoms with Gasteiger partial charge in [-0.25, -0.2) is 0 Å². The lowest BCUT2D eigenvalue weighted by Crippen LogP contribution is -2.12. The molecule has 0 aromatic heterocycles. The fraction of sp³-hybridized carbons (Fsp3) is 0.250. The summed E-state index contributed by atoms with van der Waals surface area (Å²) in [6.07, 6.45) is 0. The van der Waals surface area contributed by atoms with Crippen molar-refractivity contribution in [2.24, 2.45) is 0 Å². The maximum atomic E-state index is 10.6. The molecule has 0 aliphatic carbocycles. The molecule has 2 rings (SSSR count). The van der Waals surface area contributed by atoms with Crippen molar-refractivity contribution in [1.29, 1.82) is 0 Å². The summed E-state index contributed by atoms with van der Waals surface area (Å²) in [5, 5.41) is 10.6. The van der Waals surface area contributed by atoms with Crippen LogP contribution in [0, 0.1) is 10.1 Å². The number of hydrogen-bond donors (Lipinski definition) is 0. The molecule has 5 heteroatoms. The number of nitro groups is 1. The predicted molar refractivity (Wildman–Crippen MR) is 43.4 cm³/mol. The molecular formula is C8H7NO4. The van der Waals surface area contributed by atoms with Gasteiger partial charge < -0.3 is 9.47 Å². The van der Waals surface area contributed by atoms with Crippen LogP contribution in [-0.2, 0) is 11.3 Å². The molecular weight excluding hydrogens is 174 g/mol. The van der Waals surface area contributed by atoms with Gasteiger partial charge in [0, 0.05) is 6.07 Å². The standard InChI is InChI=1S/C8H7NO4/c10-9(11)7-2-1-3-8-6(7)4-12-5-13-8/h1-3H,4-5H2. The zero-order chi connectivity index (χ0) is 9.26. The summed E-state index contributed by atoms with van der Waals surface area (Å²) in [7, 11) is 0. The largest absolute Gasteiger partial charge is 0.467 e. The average Bonchev–Trinajstić information content (AvgIpc) is 2.17. The summed E-state index contributed by atoms with van der Waals surface area (Å²) >= 11 is 0. The number of hydrogen-bond acceptors (Lipinski definition) is 4. The summed E-state index contributed by atoms with van der Waals surface area (Å²) < 4.78 is 10.0. The molecule has 0 atom stereocenters. The Bertz CT molecular complexity index is 350. The van der Waals surface area contributed by atoms with E-state index in [-0.39, 0.29) is 19.1 Å². The molecule has 0 radical (unpaired) electrons. The van der Waals surface area contributed by atoms with Gasteiger partial charge in [-0.3, -0.25) is 10.1 Å². The Hall–Kier alpha value is -1.62. The maximum absolute atomic E-state index is 10.6. The Morgan fingerprint density at radius 3 is 3.08 bits per heavy atom. The second kappa shape index (κ2) is 3.02. The van der Waals surface area contributed by atoms with E-state index >= 15 is 0 Å². The minimum Gasteiger partial charge on any atom is -0.467 e. The van der Waals surface area contributed by atoms with Gasteiger partial charge >= 0.3 is 0 Å². The molecule has 13 heavy (non-hydrogen) atoms. The van der Waals surface area contributed by atoms with Crippen LogP contribution in [0.25, 0.3) is 0 Å². The molecule has 1 aliphatic heterocycles. The smallest absolute Gasteiger partial charge is 0.278 e. The van der Waals surface area contributed by atoms with Gasteiger partial charge in [-0.2, -0.15) is 0 Å². The summed E-state index contributed by atoms with van der Waals surface area (Å²) in [6.45, 7) is 0.403. The number of fused-ring (bicyclic) bond motifs is 1. The number of nitro benzene ring substituents is 1. The lowest BCUT2D eigenvalue weighted by Gasteiger charge is -2.16. The summed E-state index contributed by atoms with van der Waals surface area (Å²) in [6, 6.07) is 4.74. The van der Waals surface area contributed by atoms with E-state index in [4.69, 9.17) is 9.47 Å². The Balaban J connectivity index is 2.52. The quantitative estimate of drug-likeness (QED) is 0.486. The van der Waals surface area contributed by atoms with Crippen molar-refractivity contribution in [2.75, 3.05) is 6.79 Å². The highest BCUT2D eigenvalue weighted by atomic mass is 16.7. The molecule has 1 aliphatic rings. The number of benzene rings is 1. The molecule has 0 spiro atoms. The van der Waals surface area contributed by atoms with E-state index in [0.717, 1.165) is 0 Å². The highest BCUT2D eigenvalue weighted by Gasteiger charge is 2.21. The molecule has 0 fully saturated rings. The molecule has 5 nitrogen and oxygen atoms in total. The third-order valence-electron chi connectivity index (χ3n) is 1.85. The first kappa shape index (κ1) is 8.00. The van der Waals surface area contributed by atoms with E-state index in [0.29, 0.717) is 11.3 Å². The monoisotopic (exact) mass is 181 g/mol. The molecule has 68 valence electrons. The topological polar surface area (TPSA) is 61.6 Å². The van der Waals surface area contributed by atoms with E-state index in [9.17, 15) is 10.1 Å². The summed E-state index contributed by atoms with van der Waals surface area (Å²) in [5.74, 6) is 0.542. The van der Waals surface area contributed by atoms with Gasteiger partial charge in [-0.05, 0) is 6.07 Å². The van der Waals surface area contributed by atoms with Crippen LogP contribution >= 0.6 is 0 Å². The Kier molecular flexibility index (Phi) is 1.86. The third kappa shape index (κ3) is 1.33. The van der Waals surface area contributed by atoms with E-state index < -0.39 is 4.92 Å². The SMILES string of the molecule is O=[N+]([O-])c1cccc2c1COCO2. The van der Waals surface area contributed by atoms with E-state index in [1.54, 1.807) is 12.1 Å². The maximum Gasteiger partial charge on any atom is 0.278 e. The van der Waals surface area contributed by atoms with Gasteiger partial charge in [0.2, 0.25) is 0 Å². The molecule has 0 saturated heterocycles. The lowest BCUT2D eigenvalue weighted by atomic mass is 10.1. The van der Waals surface area contributed by atoms with E-state index in [1.165, 1.54) is 6.07 Å². The van der Waals surface area contributed by atoms with E-state index in [2.05, 4.69) is 0 Å². The zero-order valence-electron chi connectivity index (χ0n) is 6.73. The second-order valence-electron chi connectivity index (χ2n) is 2.62. The molecule has 1 aromatic carbocycles. The summed E-state index contributed by atoms with van der Waals surface area (Å²) in [5.41, 5.74) is 0.566. The second-order valence-corrected chi connectivity index (χ2v) is 2.62. The van der Waals surface area contributed by atoms with Crippen LogP contribution in [0.1, 0.15) is 5.56 Å². The van der Waals surface area contributed by atoms with Crippen molar-refractivity contribution in [3.8, 4) is 5.75 Å². The molecule has 0 unspecified atom stereocenters. The molecule has 0 amide bonds. The van der Waals surface area contributed by atoms with Crippen molar-refractivity contribution in [3.05, 3.63) is 33.9 Å². The molecule has 1 heterocycles.